The van der Waals surface area contributed by atoms with Crippen LogP contribution in [0.25, 0.3) is 5.73 Å². The van der Waals surface area contributed by atoms with E-state index in [4.69, 9.17) is 10.8 Å². The van der Waals surface area contributed by atoms with Gasteiger partial charge in [-0.15, -0.1) is 0 Å². The SMILES string of the molecule is [Ac].[NH-]C(CSC(=O)c1ccccc1)C(=O)O. The van der Waals surface area contributed by atoms with Gasteiger partial charge in [0, 0.05) is 49.6 Å². The molecule has 0 heterocycles. The van der Waals surface area contributed by atoms with Crippen LogP contribution in [-0.2, 0) is 4.79 Å². The molecule has 1 aromatic carbocycles. The summed E-state index contributed by atoms with van der Waals surface area (Å²) in [6, 6.07) is 7.35. The van der Waals surface area contributed by atoms with E-state index < -0.39 is 12.0 Å². The van der Waals surface area contributed by atoms with Crippen molar-refractivity contribution in [1.82, 2.24) is 0 Å². The average molecular weight is 451 g/mol. The first-order valence-electron chi connectivity index (χ1n) is 4.27. The summed E-state index contributed by atoms with van der Waals surface area (Å²) in [5.74, 6) is -1.23. The number of hydrogen-bond donors (Lipinski definition) is 1. The van der Waals surface area contributed by atoms with Gasteiger partial charge in [-0.3, -0.25) is 9.59 Å². The van der Waals surface area contributed by atoms with Crippen LogP contribution in [-0.4, -0.2) is 28.0 Å². The van der Waals surface area contributed by atoms with E-state index in [-0.39, 0.29) is 54.9 Å². The van der Waals surface area contributed by atoms with Crippen LogP contribution in [0.15, 0.2) is 30.3 Å². The first-order chi connectivity index (χ1) is 7.11. The molecule has 0 aliphatic carbocycles. The molecule has 0 spiro atoms. The standard InChI is InChI=1S/C10H10NO3S.Ac/c11-8(9(12)13)6-15-10(14)7-4-2-1-3-5-7;/h1-5,8,11H,6H2,(H,12,13);/q-1;. The van der Waals surface area contributed by atoms with Crippen molar-refractivity contribution in [2.24, 2.45) is 0 Å². The predicted octanol–water partition coefficient (Wildman–Crippen LogP) is 2.07. The van der Waals surface area contributed by atoms with Gasteiger partial charge in [0.1, 0.15) is 0 Å². The summed E-state index contributed by atoms with van der Waals surface area (Å²) < 4.78 is 0. The third kappa shape index (κ3) is 5.44. The molecule has 2 N–H and O–H groups in total. The molecule has 6 heteroatoms. The molecule has 0 bridgehead atoms. The van der Waals surface area contributed by atoms with Crippen LogP contribution in [0.1, 0.15) is 10.4 Å². The number of rotatable bonds is 4. The Morgan fingerprint density at radius 2 is 1.88 bits per heavy atom. The zero-order chi connectivity index (χ0) is 11.3. The fourth-order valence-electron chi connectivity index (χ4n) is 0.888. The molecule has 1 rings (SSSR count). The maximum absolute atomic E-state index is 11.5. The smallest absolute Gasteiger partial charge is 0.286 e. The first-order valence-corrected chi connectivity index (χ1v) is 5.26. The van der Waals surface area contributed by atoms with Gasteiger partial charge >= 0.3 is 0 Å². The second-order valence-corrected chi connectivity index (χ2v) is 3.85. The van der Waals surface area contributed by atoms with E-state index in [2.05, 4.69) is 0 Å². The molecule has 16 heavy (non-hydrogen) atoms. The van der Waals surface area contributed by atoms with Crippen molar-refractivity contribution >= 4 is 22.8 Å². The molecule has 83 valence electrons. The monoisotopic (exact) mass is 451 g/mol. The van der Waals surface area contributed by atoms with Crippen LogP contribution in [0.3, 0.4) is 0 Å². The Labute approximate surface area is 134 Å². The number of carbonyl (C=O) groups excluding carboxylic acids is 1. The second kappa shape index (κ2) is 8.24. The molecule has 0 aliphatic heterocycles. The van der Waals surface area contributed by atoms with Crippen LogP contribution >= 0.6 is 11.8 Å². The molecule has 4 nitrogen and oxygen atoms in total. The zero-order valence-corrected chi connectivity index (χ0v) is 14.0. The second-order valence-electron chi connectivity index (χ2n) is 2.86. The summed E-state index contributed by atoms with van der Waals surface area (Å²) in [5.41, 5.74) is 7.64. The number of carbonyl (C=O) groups is 2. The van der Waals surface area contributed by atoms with Crippen molar-refractivity contribution in [2.45, 2.75) is 6.04 Å². The van der Waals surface area contributed by atoms with E-state index in [0.29, 0.717) is 5.56 Å². The van der Waals surface area contributed by atoms with Gasteiger partial charge in [0.25, 0.3) is 5.97 Å². The van der Waals surface area contributed by atoms with Crippen LogP contribution in [0.4, 0.5) is 0 Å². The Bertz CT molecular complexity index is 358. The number of carboxylic acids is 1. The summed E-state index contributed by atoms with van der Waals surface area (Å²) in [6.45, 7) is 0. The van der Waals surface area contributed by atoms with Gasteiger partial charge in [-0.2, -0.15) is 0 Å². The number of aliphatic carboxylic acids is 1. The van der Waals surface area contributed by atoms with Gasteiger partial charge in [-0.25, -0.2) is 0 Å². The molecule has 0 fully saturated rings. The van der Waals surface area contributed by atoms with Crippen LogP contribution in [0, 0.1) is 44.1 Å². The van der Waals surface area contributed by atoms with E-state index in [1.54, 1.807) is 30.3 Å². The third-order valence-corrected chi connectivity index (χ3v) is 2.69. The molecule has 1 unspecified atom stereocenters. The summed E-state index contributed by atoms with van der Waals surface area (Å²) in [7, 11) is 0. The van der Waals surface area contributed by atoms with Crippen molar-refractivity contribution in [3.8, 4) is 0 Å². The largest absolute Gasteiger partial charge is 0.665 e. The zero-order valence-electron chi connectivity index (χ0n) is 8.42. The topological polar surface area (TPSA) is 78.2 Å². The number of nitrogens with one attached hydrogen (secondary N) is 1. The predicted molar refractivity (Wildman–Crippen MR) is 59.0 cm³/mol. The molecule has 1 radical (unpaired) electrons. The molecule has 1 aromatic rings. The van der Waals surface area contributed by atoms with E-state index >= 15 is 0 Å². The summed E-state index contributed by atoms with van der Waals surface area (Å²) in [6.07, 6.45) is 0. The van der Waals surface area contributed by atoms with Crippen molar-refractivity contribution in [3.05, 3.63) is 41.6 Å². The minimum atomic E-state index is -1.25. The summed E-state index contributed by atoms with van der Waals surface area (Å²) >= 11 is 0.859. The van der Waals surface area contributed by atoms with Crippen molar-refractivity contribution in [3.63, 3.8) is 0 Å². The average Bonchev–Trinajstić information content (AvgIpc) is 2.26. The van der Waals surface area contributed by atoms with Gasteiger partial charge in [0.05, 0.1) is 0 Å². The van der Waals surface area contributed by atoms with E-state index in [1.165, 1.54) is 0 Å². The third-order valence-electron chi connectivity index (χ3n) is 1.69. The molecule has 0 amide bonds. The van der Waals surface area contributed by atoms with E-state index in [0.717, 1.165) is 11.8 Å². The first kappa shape index (κ1) is 16.1. The molecule has 0 aliphatic rings. The van der Waals surface area contributed by atoms with E-state index in [9.17, 15) is 9.59 Å². The Hall–Kier alpha value is 0.112. The van der Waals surface area contributed by atoms with Crippen LogP contribution in [0.2, 0.25) is 0 Å². The maximum Gasteiger partial charge on any atom is 0.286 e. The number of hydrogen-bond acceptors (Lipinski definition) is 3. The fourth-order valence-corrected chi connectivity index (χ4v) is 1.65. The Morgan fingerprint density at radius 3 is 2.38 bits per heavy atom. The maximum atomic E-state index is 11.5. The van der Waals surface area contributed by atoms with E-state index in [1.807, 2.05) is 0 Å². The minimum Gasteiger partial charge on any atom is -0.665 e. The normalized spacial score (nSPS) is 11.3. The van der Waals surface area contributed by atoms with Gasteiger partial charge in [0.2, 0.25) is 5.12 Å². The van der Waals surface area contributed by atoms with Crippen LogP contribution in [0.5, 0.6) is 0 Å². The van der Waals surface area contributed by atoms with Gasteiger partial charge in [-0.05, 0) is 11.8 Å². The molecule has 0 aromatic heterocycles. The van der Waals surface area contributed by atoms with Gasteiger partial charge in [-0.1, -0.05) is 42.1 Å². The number of benzene rings is 1. The van der Waals surface area contributed by atoms with Gasteiger partial charge < -0.3 is 10.8 Å². The molecular formula is C10H10AcNO3S-. The molecule has 0 saturated heterocycles. The minimum absolute atomic E-state index is 0. The number of carboxylic acid groups (broad SMARTS) is 1. The quantitative estimate of drug-likeness (QED) is 0.761. The van der Waals surface area contributed by atoms with Crippen molar-refractivity contribution in [2.75, 3.05) is 5.75 Å². The summed E-state index contributed by atoms with van der Waals surface area (Å²) in [5, 5.41) is 8.25. The van der Waals surface area contributed by atoms with Crippen molar-refractivity contribution < 1.29 is 58.8 Å². The molecule has 1 atom stereocenters. The Morgan fingerprint density at radius 1 is 1.31 bits per heavy atom. The Kier molecular flexibility index (Phi) is 8.30. The Balaban J connectivity index is 0.00000225. The number of thioether (sulfide) groups is 1. The molecule has 0 saturated carbocycles. The fraction of sp³-hybridized carbons (Fsp3) is 0.200. The van der Waals surface area contributed by atoms with Gasteiger partial charge in [0.15, 0.2) is 0 Å². The van der Waals surface area contributed by atoms with Crippen LogP contribution < -0.4 is 0 Å². The molecular weight excluding hydrogens is 441 g/mol. The van der Waals surface area contributed by atoms with Crippen molar-refractivity contribution in [1.29, 1.82) is 0 Å². The summed E-state index contributed by atoms with van der Waals surface area (Å²) in [4.78, 5) is 21.8.